The first-order chi connectivity index (χ1) is 56.2. The quantitative estimate of drug-likeness (QED) is 0.0146. The molecule has 115 heavy (non-hydrogen) atoms. The van der Waals surface area contributed by atoms with Crippen molar-refractivity contribution in [2.24, 2.45) is 0 Å². The van der Waals surface area contributed by atoms with Gasteiger partial charge in [0.25, 0.3) is 0 Å². The number of esters is 3. The number of hydrogen-bond donors (Lipinski definition) is 4. The Hall–Kier alpha value is -4.31. The van der Waals surface area contributed by atoms with Crippen molar-refractivity contribution in [1.29, 1.82) is 0 Å². The molecule has 18 heteroatoms. The molecule has 0 rings (SSSR count). The van der Waals surface area contributed by atoms with Gasteiger partial charge in [0.1, 0.15) is 25.4 Å². The van der Waals surface area contributed by atoms with Crippen molar-refractivity contribution < 1.29 is 75.8 Å². The van der Waals surface area contributed by atoms with Gasteiger partial charge in [-0.2, -0.15) is 0 Å². The van der Waals surface area contributed by atoms with Crippen molar-refractivity contribution >= 4 is 33.6 Å². The predicted molar refractivity (Wildman–Crippen MR) is 482 cm³/mol. The van der Waals surface area contributed by atoms with Crippen LogP contribution in [-0.4, -0.2) is 95.9 Å². The first-order valence-corrected chi connectivity index (χ1v) is 49.5. The smallest absolute Gasteiger partial charge is 0.463 e. The lowest BCUT2D eigenvalue weighted by atomic mass is 10.0. The van der Waals surface area contributed by atoms with E-state index < -0.39 is 91.5 Å². The molecule has 0 radical (unpaired) electrons. The second-order valence-corrected chi connectivity index (χ2v) is 34.0. The number of aliphatic hydroxyl groups excluding tert-OH is 2. The number of unbranched alkanes of at least 4 members (excludes halogenated alkanes) is 43. The van der Waals surface area contributed by atoms with Crippen LogP contribution < -0.4 is 0 Å². The van der Waals surface area contributed by atoms with Crippen LogP contribution in [0.1, 0.15) is 406 Å². The second-order valence-electron chi connectivity index (χ2n) is 31.1. The van der Waals surface area contributed by atoms with Crippen LogP contribution in [0.3, 0.4) is 0 Å². The van der Waals surface area contributed by atoms with Crippen LogP contribution in [0.25, 0.3) is 0 Å². The average molecular weight is 1650 g/mol. The third-order valence-electron chi connectivity index (χ3n) is 19.9. The molecule has 0 saturated carbocycles. The topological polar surface area (TPSA) is 231 Å². The molecule has 0 aromatic heterocycles. The Kier molecular flexibility index (Phi) is 85.6. The largest absolute Gasteiger partial charge is 0.472 e. The summed E-state index contributed by atoms with van der Waals surface area (Å²) in [7, 11) is -9.79. The normalized spacial score (nSPS) is 14.4. The van der Waals surface area contributed by atoms with Gasteiger partial charge in [-0.25, -0.2) is 9.13 Å². The van der Waals surface area contributed by atoms with Gasteiger partial charge in [0.2, 0.25) is 0 Å². The van der Waals surface area contributed by atoms with Crippen LogP contribution in [0.2, 0.25) is 0 Å². The lowest BCUT2D eigenvalue weighted by molar-refractivity contribution is -0.161. The standard InChI is InChI=1S/C97H170O16P2/c1-4-7-10-13-16-19-22-25-27-29-31-33-35-37-39-41-43-45-47-49-51-53-55-57-59-61-63-66-68-71-74-77-80-83-95(100)107-86-92(98)87-109-114(103,104)110-88-93(99)89-111-115(105,106)112-91-94(113-97(102)85-82-79-76-73-70-65-24-21-18-15-12-9-6-3)90-108-96(101)84-81-78-75-72-69-67-64-62-60-58-56-54-52-50-48-46-44-42-40-38-36-34-32-30-28-26-23-20-17-14-11-8-5-2/h7-8,10-11,16-17,19-20,25-28,31-34,37-40,43,45,92-94,98-99H,4-6,9,12-15,18,21-24,29-30,35-36,41-42,44,46-91H2,1-3H3,(H,103,104)(H,105,106)/b10-7-,11-8-,19-16-,20-17-,27-25-,28-26-,33-31-,34-32-,39-37-,40-38-,45-43-. The minimum atomic E-state index is -4.93. The molecular weight excluding hydrogens is 1480 g/mol. The van der Waals surface area contributed by atoms with Crippen molar-refractivity contribution in [2.45, 2.75) is 424 Å². The fraction of sp³-hybridized carbons (Fsp3) is 0.742. The number of phosphoric ester groups is 2. The van der Waals surface area contributed by atoms with Gasteiger partial charge in [-0.1, -0.05) is 405 Å². The van der Waals surface area contributed by atoms with E-state index in [1.807, 2.05) is 0 Å². The minimum Gasteiger partial charge on any atom is -0.463 e. The third-order valence-corrected chi connectivity index (χ3v) is 21.8. The minimum absolute atomic E-state index is 0.109. The molecule has 0 bridgehead atoms. The van der Waals surface area contributed by atoms with Crippen molar-refractivity contribution in [3.8, 4) is 0 Å². The molecule has 0 heterocycles. The van der Waals surface area contributed by atoms with E-state index in [-0.39, 0.29) is 19.3 Å². The molecule has 4 N–H and O–H groups in total. The summed E-state index contributed by atoms with van der Waals surface area (Å²) in [4.78, 5) is 58.9. The molecule has 664 valence electrons. The Morgan fingerprint density at radius 3 is 0.730 bits per heavy atom. The molecule has 0 amide bonds. The Balaban J connectivity index is 4.38. The van der Waals surface area contributed by atoms with E-state index in [9.17, 15) is 43.5 Å². The summed E-state index contributed by atoms with van der Waals surface area (Å²) < 4.78 is 61.4. The Morgan fingerprint density at radius 1 is 0.252 bits per heavy atom. The molecule has 0 saturated heterocycles. The number of allylic oxidation sites excluding steroid dienone is 22. The van der Waals surface area contributed by atoms with Gasteiger partial charge in [-0.15, -0.1) is 0 Å². The molecule has 0 spiro atoms. The summed E-state index contributed by atoms with van der Waals surface area (Å²) in [6.07, 6.45) is 111. The van der Waals surface area contributed by atoms with E-state index in [2.05, 4.69) is 154 Å². The van der Waals surface area contributed by atoms with Crippen LogP contribution in [0.15, 0.2) is 134 Å². The summed E-state index contributed by atoms with van der Waals surface area (Å²) in [5, 5.41) is 20.7. The average Bonchev–Trinajstić information content (AvgIpc) is 0.901. The molecule has 0 aliphatic rings. The van der Waals surface area contributed by atoms with E-state index in [1.54, 1.807) is 0 Å². The summed E-state index contributed by atoms with van der Waals surface area (Å²) in [5.74, 6) is -1.55. The van der Waals surface area contributed by atoms with Crippen molar-refractivity contribution in [2.75, 3.05) is 39.6 Å². The molecule has 0 aromatic carbocycles. The summed E-state index contributed by atoms with van der Waals surface area (Å²) >= 11 is 0. The Labute approximate surface area is 703 Å². The highest BCUT2D eigenvalue weighted by Crippen LogP contribution is 2.45. The molecular formula is C97H170O16P2. The molecule has 5 unspecified atom stereocenters. The fourth-order valence-corrected chi connectivity index (χ4v) is 14.5. The molecule has 0 aliphatic heterocycles. The summed E-state index contributed by atoms with van der Waals surface area (Å²) in [5.41, 5.74) is 0. The van der Waals surface area contributed by atoms with Crippen molar-refractivity contribution in [3.05, 3.63) is 134 Å². The number of phosphoric acid groups is 2. The number of carbonyl (C=O) groups excluding carboxylic acids is 3. The Morgan fingerprint density at radius 2 is 0.461 bits per heavy atom. The SMILES string of the molecule is CC/C=C\C/C=C\C/C=C\C/C=C\C/C=C\C/C=C\CCCCCCCCCCCCCCCCC(=O)OCC(O)COP(=O)(O)OCC(O)COP(=O)(O)OCC(COC(=O)CCCCCCCCCCCCCCCCCCC/C=C\C/C=C\C/C=C\C/C=C\C/C=C\CC)OC(=O)CCCCCCCCCCCCCCC. The van der Waals surface area contributed by atoms with E-state index >= 15 is 0 Å². The molecule has 0 aliphatic carbocycles. The molecule has 5 atom stereocenters. The maximum absolute atomic E-state index is 13.0. The van der Waals surface area contributed by atoms with Crippen LogP contribution in [0.4, 0.5) is 0 Å². The van der Waals surface area contributed by atoms with E-state index in [4.69, 9.17) is 32.3 Å². The number of aliphatic hydroxyl groups is 2. The first kappa shape index (κ1) is 111. The van der Waals surface area contributed by atoms with Gasteiger partial charge in [0, 0.05) is 19.3 Å². The highest BCUT2D eigenvalue weighted by molar-refractivity contribution is 7.47. The maximum Gasteiger partial charge on any atom is 0.472 e. The van der Waals surface area contributed by atoms with E-state index in [0.29, 0.717) is 19.3 Å². The first-order valence-electron chi connectivity index (χ1n) is 46.5. The fourth-order valence-electron chi connectivity index (χ4n) is 12.9. The molecule has 16 nitrogen and oxygen atoms in total. The number of ether oxygens (including phenoxy) is 3. The lowest BCUT2D eigenvalue weighted by Gasteiger charge is -2.21. The van der Waals surface area contributed by atoms with Gasteiger partial charge in [-0.3, -0.25) is 32.5 Å². The van der Waals surface area contributed by atoms with E-state index in [1.165, 1.54) is 205 Å². The number of rotatable bonds is 88. The monoisotopic (exact) mass is 1650 g/mol. The summed E-state index contributed by atoms with van der Waals surface area (Å²) in [6.45, 7) is 2.52. The zero-order valence-corrected chi connectivity index (χ0v) is 75.0. The molecule has 0 aromatic rings. The third kappa shape index (κ3) is 90.3. The number of hydrogen-bond acceptors (Lipinski definition) is 14. The van der Waals surface area contributed by atoms with Crippen LogP contribution >= 0.6 is 15.6 Å². The van der Waals surface area contributed by atoms with Gasteiger partial charge in [0.15, 0.2) is 6.10 Å². The lowest BCUT2D eigenvalue weighted by Crippen LogP contribution is -2.30. The zero-order chi connectivity index (χ0) is 83.6. The van der Waals surface area contributed by atoms with Gasteiger partial charge < -0.3 is 34.2 Å². The van der Waals surface area contributed by atoms with Crippen LogP contribution in [-0.2, 0) is 55.8 Å². The van der Waals surface area contributed by atoms with Crippen LogP contribution in [0.5, 0.6) is 0 Å². The van der Waals surface area contributed by atoms with E-state index in [0.717, 1.165) is 141 Å². The highest BCUT2D eigenvalue weighted by Gasteiger charge is 2.29. The van der Waals surface area contributed by atoms with Gasteiger partial charge >= 0.3 is 33.6 Å². The predicted octanol–water partition coefficient (Wildman–Crippen LogP) is 28.6. The molecule has 0 fully saturated rings. The van der Waals surface area contributed by atoms with Gasteiger partial charge in [-0.05, 0) is 116 Å². The Bertz CT molecular complexity index is 2620. The van der Waals surface area contributed by atoms with Crippen molar-refractivity contribution in [3.63, 3.8) is 0 Å². The maximum atomic E-state index is 13.0. The zero-order valence-electron chi connectivity index (χ0n) is 73.2. The van der Waals surface area contributed by atoms with Crippen molar-refractivity contribution in [1.82, 2.24) is 0 Å². The summed E-state index contributed by atoms with van der Waals surface area (Å²) in [6, 6.07) is 0. The van der Waals surface area contributed by atoms with Gasteiger partial charge in [0.05, 0.1) is 26.4 Å². The number of carbonyl (C=O) groups is 3. The second kappa shape index (κ2) is 89.0. The van der Waals surface area contributed by atoms with Crippen LogP contribution in [0, 0.1) is 0 Å². The highest BCUT2D eigenvalue weighted by atomic mass is 31.2.